The van der Waals surface area contributed by atoms with Crippen molar-refractivity contribution in [3.63, 3.8) is 0 Å². The molecule has 0 saturated heterocycles. The highest BCUT2D eigenvalue weighted by Gasteiger charge is 2.26. The number of carboxylic acids is 1. The number of carbonyl (C=O) groups excluding carboxylic acids is 1. The van der Waals surface area contributed by atoms with Crippen LogP contribution in [0.2, 0.25) is 0 Å². The molecule has 0 spiro atoms. The van der Waals surface area contributed by atoms with Crippen molar-refractivity contribution in [1.29, 1.82) is 10.5 Å². The van der Waals surface area contributed by atoms with Gasteiger partial charge < -0.3 is 25.2 Å². The lowest BCUT2D eigenvalue weighted by Gasteiger charge is -2.26. The Bertz CT molecular complexity index is 1180. The van der Waals surface area contributed by atoms with Gasteiger partial charge in [0.25, 0.3) is 5.91 Å². The molecule has 2 aromatic carbocycles. The van der Waals surface area contributed by atoms with Gasteiger partial charge in [0.05, 0.1) is 48.6 Å². The molecule has 1 unspecified atom stereocenters. The Balaban J connectivity index is 1.71. The number of methoxy groups -OCH3 is 2. The number of hydrogen-bond acceptors (Lipinski definition) is 7. The molecular formula is C27H30N4O5. The van der Waals surface area contributed by atoms with Crippen LogP contribution in [0.3, 0.4) is 0 Å². The number of ether oxygens (including phenoxy) is 2. The van der Waals surface area contributed by atoms with Crippen molar-refractivity contribution in [3.05, 3.63) is 58.7 Å². The monoisotopic (exact) mass is 490 g/mol. The smallest absolute Gasteiger partial charge is 0.306 e. The third-order valence-electron chi connectivity index (χ3n) is 6.55. The van der Waals surface area contributed by atoms with Crippen LogP contribution in [0.5, 0.6) is 5.75 Å². The molecule has 9 nitrogen and oxygen atoms in total. The van der Waals surface area contributed by atoms with E-state index in [0.29, 0.717) is 53.1 Å². The average molecular weight is 491 g/mol. The molecule has 2 aromatic rings. The molecule has 3 N–H and O–H groups in total. The van der Waals surface area contributed by atoms with Crippen LogP contribution in [-0.2, 0) is 9.53 Å². The lowest BCUT2D eigenvalue weighted by molar-refractivity contribution is -0.143. The van der Waals surface area contributed by atoms with Gasteiger partial charge in [-0.25, -0.2) is 0 Å². The number of rotatable bonds is 10. The first-order valence-corrected chi connectivity index (χ1v) is 11.8. The Morgan fingerprint density at radius 1 is 1.08 bits per heavy atom. The van der Waals surface area contributed by atoms with Gasteiger partial charge in [0.2, 0.25) is 0 Å². The summed E-state index contributed by atoms with van der Waals surface area (Å²) in [4.78, 5) is 23.9. The van der Waals surface area contributed by atoms with Gasteiger partial charge in [-0.3, -0.25) is 9.59 Å². The van der Waals surface area contributed by atoms with E-state index < -0.39 is 12.0 Å². The standard InChI is InChI=1S/C27H30N4O5/c1-35-16-24(22-11-18(13-28)5-10-25(22)36-2)31-23-9-8-20(12-21(23)14-29)26(32)30-15-17-3-6-19(7-4-17)27(33)34/h5,8-12,17,19,24,31H,3-4,6-7,15-16H2,1-2H3,(H,30,32)(H,33,34)/t17-,19-,24?. The number of benzene rings is 2. The zero-order chi connectivity index (χ0) is 26.1. The molecule has 3 rings (SSSR count). The van der Waals surface area contributed by atoms with Crippen molar-refractivity contribution in [1.82, 2.24) is 5.32 Å². The van der Waals surface area contributed by atoms with E-state index in [4.69, 9.17) is 14.6 Å². The summed E-state index contributed by atoms with van der Waals surface area (Å²) in [6.07, 6.45) is 2.78. The predicted molar refractivity (Wildman–Crippen MR) is 133 cm³/mol. The summed E-state index contributed by atoms with van der Waals surface area (Å²) < 4.78 is 10.8. The summed E-state index contributed by atoms with van der Waals surface area (Å²) in [5.74, 6) is -0.501. The first-order chi connectivity index (χ1) is 17.4. The summed E-state index contributed by atoms with van der Waals surface area (Å²) in [6.45, 7) is 0.723. The van der Waals surface area contributed by atoms with Gasteiger partial charge >= 0.3 is 5.97 Å². The molecule has 1 aliphatic rings. The van der Waals surface area contributed by atoms with Crippen LogP contribution in [0.15, 0.2) is 36.4 Å². The largest absolute Gasteiger partial charge is 0.496 e. The summed E-state index contributed by atoms with van der Waals surface area (Å²) in [6, 6.07) is 13.8. The van der Waals surface area contributed by atoms with Crippen molar-refractivity contribution in [3.8, 4) is 17.9 Å². The van der Waals surface area contributed by atoms with Crippen molar-refractivity contribution in [2.24, 2.45) is 11.8 Å². The number of aliphatic carboxylic acids is 1. The fraction of sp³-hybridized carbons (Fsp3) is 0.407. The quantitative estimate of drug-likeness (QED) is 0.455. The highest BCUT2D eigenvalue weighted by atomic mass is 16.5. The van der Waals surface area contributed by atoms with E-state index in [0.717, 1.165) is 12.8 Å². The number of nitriles is 2. The maximum absolute atomic E-state index is 12.7. The maximum atomic E-state index is 12.7. The molecular weight excluding hydrogens is 460 g/mol. The van der Waals surface area contributed by atoms with Crippen LogP contribution in [0.25, 0.3) is 0 Å². The summed E-state index contributed by atoms with van der Waals surface area (Å²) in [5, 5.41) is 34.4. The lowest BCUT2D eigenvalue weighted by atomic mass is 9.82. The minimum absolute atomic E-state index is 0.245. The van der Waals surface area contributed by atoms with Crippen LogP contribution in [0.1, 0.15) is 58.8 Å². The Morgan fingerprint density at radius 2 is 1.83 bits per heavy atom. The lowest BCUT2D eigenvalue weighted by Crippen LogP contribution is -2.32. The maximum Gasteiger partial charge on any atom is 0.306 e. The Hall–Kier alpha value is -4.08. The topological polar surface area (TPSA) is 144 Å². The minimum atomic E-state index is -0.751. The van der Waals surface area contributed by atoms with Gasteiger partial charge in [-0.05, 0) is 68.0 Å². The highest BCUT2D eigenvalue weighted by Crippen LogP contribution is 2.31. The molecule has 188 valence electrons. The normalized spacial score (nSPS) is 17.8. The number of anilines is 1. The molecule has 36 heavy (non-hydrogen) atoms. The molecule has 1 aliphatic carbocycles. The number of nitrogens with zero attached hydrogens (tertiary/aromatic N) is 2. The highest BCUT2D eigenvalue weighted by molar-refractivity contribution is 5.95. The molecule has 0 bridgehead atoms. The van der Waals surface area contributed by atoms with Crippen LogP contribution in [0, 0.1) is 34.5 Å². The second kappa shape index (κ2) is 12.6. The first-order valence-electron chi connectivity index (χ1n) is 11.8. The number of amides is 1. The van der Waals surface area contributed by atoms with E-state index in [1.54, 1.807) is 44.6 Å². The molecule has 1 saturated carbocycles. The molecule has 0 aromatic heterocycles. The van der Waals surface area contributed by atoms with E-state index in [1.807, 2.05) is 0 Å². The van der Waals surface area contributed by atoms with Crippen molar-refractivity contribution in [2.75, 3.05) is 32.7 Å². The zero-order valence-corrected chi connectivity index (χ0v) is 20.4. The second-order valence-electron chi connectivity index (χ2n) is 8.86. The van der Waals surface area contributed by atoms with Gasteiger partial charge in [0, 0.05) is 24.8 Å². The molecule has 9 heteroatoms. The van der Waals surface area contributed by atoms with E-state index >= 15 is 0 Å². The molecule has 0 radical (unpaired) electrons. The fourth-order valence-corrected chi connectivity index (χ4v) is 4.50. The van der Waals surface area contributed by atoms with E-state index in [9.17, 15) is 20.1 Å². The van der Waals surface area contributed by atoms with E-state index in [-0.39, 0.29) is 24.3 Å². The Kier molecular flexibility index (Phi) is 9.26. The zero-order valence-electron chi connectivity index (χ0n) is 20.4. The fourth-order valence-electron chi connectivity index (χ4n) is 4.50. The number of carbonyl (C=O) groups is 2. The van der Waals surface area contributed by atoms with Gasteiger partial charge in [-0.1, -0.05) is 0 Å². The van der Waals surface area contributed by atoms with Crippen molar-refractivity contribution >= 4 is 17.6 Å². The summed E-state index contributed by atoms with van der Waals surface area (Å²) >= 11 is 0. The number of carboxylic acid groups (broad SMARTS) is 1. The second-order valence-corrected chi connectivity index (χ2v) is 8.86. The molecule has 0 heterocycles. The van der Waals surface area contributed by atoms with E-state index in [1.165, 1.54) is 6.07 Å². The van der Waals surface area contributed by atoms with Gasteiger partial charge in [0.1, 0.15) is 11.8 Å². The molecule has 0 aliphatic heterocycles. The van der Waals surface area contributed by atoms with Crippen molar-refractivity contribution < 1.29 is 24.2 Å². The van der Waals surface area contributed by atoms with E-state index in [2.05, 4.69) is 22.8 Å². The van der Waals surface area contributed by atoms with Crippen LogP contribution in [0.4, 0.5) is 5.69 Å². The van der Waals surface area contributed by atoms with Crippen LogP contribution < -0.4 is 15.4 Å². The number of hydrogen-bond donors (Lipinski definition) is 3. The SMILES string of the molecule is COCC(Nc1ccc(C(=O)NC[C@H]2CC[C@H](C(=O)O)CC2)cc1C#N)c1cc(C#N)ccc1OC. The van der Waals surface area contributed by atoms with Crippen LogP contribution >= 0.6 is 0 Å². The van der Waals surface area contributed by atoms with Gasteiger partial charge in [-0.2, -0.15) is 10.5 Å². The van der Waals surface area contributed by atoms with Gasteiger partial charge in [0.15, 0.2) is 0 Å². The van der Waals surface area contributed by atoms with Gasteiger partial charge in [-0.15, -0.1) is 0 Å². The molecule has 1 amide bonds. The first kappa shape index (κ1) is 26.5. The summed E-state index contributed by atoms with van der Waals surface area (Å²) in [7, 11) is 3.10. The number of nitrogens with one attached hydrogen (secondary N) is 2. The van der Waals surface area contributed by atoms with Crippen molar-refractivity contribution in [2.45, 2.75) is 31.7 Å². The third-order valence-corrected chi connectivity index (χ3v) is 6.55. The third kappa shape index (κ3) is 6.53. The molecule has 1 fully saturated rings. The predicted octanol–water partition coefficient (Wildman–Crippen LogP) is 3.86. The van der Waals surface area contributed by atoms with Crippen LogP contribution in [-0.4, -0.2) is 44.4 Å². The average Bonchev–Trinajstić information content (AvgIpc) is 2.91. The Morgan fingerprint density at radius 3 is 2.44 bits per heavy atom. The minimum Gasteiger partial charge on any atom is -0.496 e. The summed E-state index contributed by atoms with van der Waals surface area (Å²) in [5.41, 5.74) is 2.36. The molecule has 1 atom stereocenters. The Labute approximate surface area is 210 Å².